The molecular weight excluding hydrogens is 192 g/mol. The largest absolute Gasteiger partial charge is 0.459 e. The predicted octanol–water partition coefficient (Wildman–Crippen LogP) is 1.53. The van der Waals surface area contributed by atoms with Gasteiger partial charge in [0.15, 0.2) is 0 Å². The maximum Gasteiger partial charge on any atom is 0.330 e. The molecule has 1 aliphatic heterocycles. The molecule has 0 aromatic carbocycles. The molecule has 2 bridgehead atoms. The minimum absolute atomic E-state index is 0.0410. The molecule has 3 fully saturated rings. The lowest BCUT2D eigenvalue weighted by Gasteiger charge is -2.27. The van der Waals surface area contributed by atoms with Crippen molar-refractivity contribution in [2.45, 2.75) is 38.6 Å². The van der Waals surface area contributed by atoms with Crippen molar-refractivity contribution in [3.8, 4) is 0 Å². The second kappa shape index (κ2) is 2.64. The van der Waals surface area contributed by atoms with Crippen LogP contribution in [-0.2, 0) is 14.3 Å². The van der Waals surface area contributed by atoms with Crippen LogP contribution in [-0.4, -0.2) is 24.3 Å². The Hall–Kier alpha value is -0.830. The highest BCUT2D eigenvalue weighted by Crippen LogP contribution is 2.66. The lowest BCUT2D eigenvalue weighted by atomic mass is 9.81. The number of esters is 1. The third-order valence-electron chi connectivity index (χ3n) is 4.45. The summed E-state index contributed by atoms with van der Waals surface area (Å²) in [6, 6.07) is 0. The first kappa shape index (κ1) is 9.40. The molecule has 2 aliphatic carbocycles. The first-order valence-corrected chi connectivity index (χ1v) is 5.54. The Bertz CT molecular complexity index is 334. The summed E-state index contributed by atoms with van der Waals surface area (Å²) < 4.78 is 11.0. The molecule has 0 spiro atoms. The van der Waals surface area contributed by atoms with E-state index in [1.807, 2.05) is 0 Å². The van der Waals surface area contributed by atoms with Gasteiger partial charge in [-0.25, -0.2) is 4.79 Å². The van der Waals surface area contributed by atoms with Crippen LogP contribution in [0.1, 0.15) is 20.3 Å². The van der Waals surface area contributed by atoms with Crippen molar-refractivity contribution in [3.05, 3.63) is 12.7 Å². The molecule has 3 heteroatoms. The fourth-order valence-electron chi connectivity index (χ4n) is 3.69. The molecule has 0 radical (unpaired) electrons. The van der Waals surface area contributed by atoms with E-state index in [-0.39, 0.29) is 17.5 Å². The Morgan fingerprint density at radius 2 is 2.27 bits per heavy atom. The first-order chi connectivity index (χ1) is 7.05. The summed E-state index contributed by atoms with van der Waals surface area (Å²) in [5.74, 6) is 0.645. The summed E-state index contributed by atoms with van der Waals surface area (Å²) in [5, 5.41) is 0. The molecule has 1 heterocycles. The van der Waals surface area contributed by atoms with Crippen molar-refractivity contribution in [2.75, 3.05) is 0 Å². The van der Waals surface area contributed by atoms with Gasteiger partial charge in [-0.05, 0) is 17.8 Å². The highest BCUT2D eigenvalue weighted by molar-refractivity contribution is 5.81. The topological polar surface area (TPSA) is 38.8 Å². The van der Waals surface area contributed by atoms with E-state index in [0.717, 1.165) is 6.42 Å². The standard InChI is InChI=1S/C12H16O3/c1-4-8(13)14-7-5-6-10-11(15-10)9(7)12(6,2)3/h4,6-7,9-11H,1,5H2,2-3H3. The van der Waals surface area contributed by atoms with Crippen LogP contribution in [0.3, 0.4) is 0 Å². The second-order valence-corrected chi connectivity index (χ2v) is 5.43. The van der Waals surface area contributed by atoms with Gasteiger partial charge < -0.3 is 9.47 Å². The van der Waals surface area contributed by atoms with E-state index >= 15 is 0 Å². The fraction of sp³-hybridized carbons (Fsp3) is 0.750. The average Bonchev–Trinajstić information content (AvgIpc) is 2.86. The average molecular weight is 208 g/mol. The van der Waals surface area contributed by atoms with E-state index in [9.17, 15) is 4.79 Å². The van der Waals surface area contributed by atoms with Crippen LogP contribution in [0.5, 0.6) is 0 Å². The number of rotatable bonds is 2. The van der Waals surface area contributed by atoms with Crippen molar-refractivity contribution >= 4 is 5.97 Å². The summed E-state index contributed by atoms with van der Waals surface area (Å²) in [6.45, 7) is 7.95. The summed E-state index contributed by atoms with van der Waals surface area (Å²) in [4.78, 5) is 11.2. The van der Waals surface area contributed by atoms with Gasteiger partial charge >= 0.3 is 5.97 Å². The molecule has 15 heavy (non-hydrogen) atoms. The number of hydrogen-bond acceptors (Lipinski definition) is 3. The molecule has 0 aromatic rings. The molecule has 3 nitrogen and oxygen atoms in total. The monoisotopic (exact) mass is 208 g/mol. The zero-order valence-electron chi connectivity index (χ0n) is 9.10. The van der Waals surface area contributed by atoms with Gasteiger partial charge in [0, 0.05) is 12.0 Å². The minimum atomic E-state index is -0.305. The molecule has 1 saturated heterocycles. The van der Waals surface area contributed by atoms with Gasteiger partial charge in [-0.3, -0.25) is 0 Å². The van der Waals surface area contributed by atoms with Crippen molar-refractivity contribution in [3.63, 3.8) is 0 Å². The van der Waals surface area contributed by atoms with Gasteiger partial charge in [0.25, 0.3) is 0 Å². The van der Waals surface area contributed by atoms with Crippen LogP contribution in [0.4, 0.5) is 0 Å². The molecule has 5 unspecified atom stereocenters. The van der Waals surface area contributed by atoms with Crippen molar-refractivity contribution in [2.24, 2.45) is 17.3 Å². The zero-order chi connectivity index (χ0) is 10.8. The minimum Gasteiger partial charge on any atom is -0.459 e. The Balaban J connectivity index is 1.79. The fourth-order valence-corrected chi connectivity index (χ4v) is 3.69. The number of carbonyl (C=O) groups is 1. The number of hydrogen-bond donors (Lipinski definition) is 0. The van der Waals surface area contributed by atoms with E-state index in [2.05, 4.69) is 20.4 Å². The molecule has 2 saturated carbocycles. The van der Waals surface area contributed by atoms with E-state index in [1.54, 1.807) is 0 Å². The molecule has 0 amide bonds. The highest BCUT2D eigenvalue weighted by atomic mass is 16.6. The maximum atomic E-state index is 11.2. The quantitative estimate of drug-likeness (QED) is 0.392. The molecule has 3 aliphatic rings. The van der Waals surface area contributed by atoms with Crippen LogP contribution >= 0.6 is 0 Å². The highest BCUT2D eigenvalue weighted by Gasteiger charge is 2.72. The Kier molecular flexibility index (Phi) is 1.66. The Morgan fingerprint density at radius 1 is 1.53 bits per heavy atom. The lowest BCUT2D eigenvalue weighted by Crippen LogP contribution is -2.31. The third-order valence-corrected chi connectivity index (χ3v) is 4.45. The number of ether oxygens (including phenoxy) is 2. The maximum absolute atomic E-state index is 11.2. The van der Waals surface area contributed by atoms with E-state index < -0.39 is 0 Å². The normalized spacial score (nSPS) is 48.5. The summed E-state index contributed by atoms with van der Waals surface area (Å²) in [5.41, 5.74) is 0.264. The molecule has 82 valence electrons. The molecule has 3 rings (SSSR count). The van der Waals surface area contributed by atoms with Gasteiger partial charge in [0.05, 0.1) is 12.2 Å². The first-order valence-electron chi connectivity index (χ1n) is 5.54. The molecular formula is C12H16O3. The van der Waals surface area contributed by atoms with Gasteiger partial charge in [-0.2, -0.15) is 0 Å². The van der Waals surface area contributed by atoms with Crippen molar-refractivity contribution in [1.29, 1.82) is 0 Å². The van der Waals surface area contributed by atoms with Crippen molar-refractivity contribution < 1.29 is 14.3 Å². The molecule has 5 atom stereocenters. The third kappa shape index (κ3) is 1.07. The number of fused-ring (bicyclic) bond motifs is 5. The van der Waals surface area contributed by atoms with Crippen LogP contribution < -0.4 is 0 Å². The van der Waals surface area contributed by atoms with Crippen LogP contribution in [0, 0.1) is 17.3 Å². The summed E-state index contributed by atoms with van der Waals surface area (Å²) in [6.07, 6.45) is 3.03. The van der Waals surface area contributed by atoms with E-state index in [4.69, 9.17) is 9.47 Å². The number of epoxide rings is 1. The number of carbonyl (C=O) groups excluding carboxylic acids is 1. The smallest absolute Gasteiger partial charge is 0.330 e. The second-order valence-electron chi connectivity index (χ2n) is 5.43. The SMILES string of the molecule is C=CC(=O)OC1CC2C3OC3C1C2(C)C. The summed E-state index contributed by atoms with van der Waals surface area (Å²) in [7, 11) is 0. The van der Waals surface area contributed by atoms with Crippen LogP contribution in [0.2, 0.25) is 0 Å². The zero-order valence-corrected chi connectivity index (χ0v) is 9.10. The van der Waals surface area contributed by atoms with Gasteiger partial charge in [-0.15, -0.1) is 0 Å². The van der Waals surface area contributed by atoms with Crippen molar-refractivity contribution in [1.82, 2.24) is 0 Å². The molecule has 0 aromatic heterocycles. The summed E-state index contributed by atoms with van der Waals surface area (Å²) >= 11 is 0. The van der Waals surface area contributed by atoms with Gasteiger partial charge in [0.2, 0.25) is 0 Å². The van der Waals surface area contributed by atoms with Crippen LogP contribution in [0.25, 0.3) is 0 Å². The van der Waals surface area contributed by atoms with E-state index in [0.29, 0.717) is 24.0 Å². The predicted molar refractivity (Wildman–Crippen MR) is 54.1 cm³/mol. The Morgan fingerprint density at radius 3 is 2.80 bits per heavy atom. The van der Waals surface area contributed by atoms with Crippen LogP contribution in [0.15, 0.2) is 12.7 Å². The van der Waals surface area contributed by atoms with Gasteiger partial charge in [0.1, 0.15) is 6.10 Å². The van der Waals surface area contributed by atoms with Gasteiger partial charge in [-0.1, -0.05) is 20.4 Å². The molecule has 0 N–H and O–H groups in total. The lowest BCUT2D eigenvalue weighted by molar-refractivity contribution is -0.145. The van der Waals surface area contributed by atoms with E-state index in [1.165, 1.54) is 6.08 Å². The Labute approximate surface area is 89.4 Å².